The Morgan fingerprint density at radius 1 is 1.32 bits per heavy atom. The Hall–Kier alpha value is -3.27. The third kappa shape index (κ3) is 3.84. The SMILES string of the molecule is Cc1cnc(NC(=O)CCC[C@@H]2c3cn[nH]c3[C@@]3(C)CCC4c5ccc(O)c([N+](=O)[O-])c5CCC4C23)s1. The first-order valence-corrected chi connectivity index (χ1v) is 13.8. The summed E-state index contributed by atoms with van der Waals surface area (Å²) in [5.74, 6) is 1.03. The van der Waals surface area contributed by atoms with Crippen LogP contribution in [0.2, 0.25) is 0 Å². The molecule has 1 fully saturated rings. The van der Waals surface area contributed by atoms with Crippen molar-refractivity contribution in [2.75, 3.05) is 5.32 Å². The number of nitrogens with one attached hydrogen (secondary N) is 2. The van der Waals surface area contributed by atoms with Gasteiger partial charge in [-0.15, -0.1) is 11.3 Å². The normalized spacial score (nSPS) is 27.6. The molecule has 0 radical (unpaired) electrons. The van der Waals surface area contributed by atoms with Gasteiger partial charge < -0.3 is 10.4 Å². The van der Waals surface area contributed by atoms with E-state index >= 15 is 0 Å². The van der Waals surface area contributed by atoms with Crippen LogP contribution in [0.3, 0.4) is 0 Å². The Balaban J connectivity index is 1.25. The topological polar surface area (TPSA) is 134 Å². The van der Waals surface area contributed by atoms with Crippen molar-refractivity contribution >= 4 is 28.1 Å². The molecule has 9 nitrogen and oxygen atoms in total. The van der Waals surface area contributed by atoms with Gasteiger partial charge in [-0.05, 0) is 86.3 Å². The van der Waals surface area contributed by atoms with E-state index in [4.69, 9.17) is 0 Å². The van der Waals surface area contributed by atoms with Gasteiger partial charge in [-0.3, -0.25) is 20.0 Å². The predicted octanol–water partition coefficient (Wildman–Crippen LogP) is 5.71. The Bertz CT molecular complexity index is 1380. The molecule has 0 saturated heterocycles. The van der Waals surface area contributed by atoms with Crippen LogP contribution in [0.5, 0.6) is 5.75 Å². The average Bonchev–Trinajstić information content (AvgIpc) is 3.55. The largest absolute Gasteiger partial charge is 0.502 e. The number of carbonyl (C=O) groups excluding carboxylic acids is 1. The minimum atomic E-state index is -0.436. The molecule has 0 bridgehead atoms. The van der Waals surface area contributed by atoms with Gasteiger partial charge in [0.2, 0.25) is 5.91 Å². The van der Waals surface area contributed by atoms with Gasteiger partial charge in [0.15, 0.2) is 10.9 Å². The quantitative estimate of drug-likeness (QED) is 0.281. The molecule has 37 heavy (non-hydrogen) atoms. The summed E-state index contributed by atoms with van der Waals surface area (Å²) in [6.07, 6.45) is 9.22. The molecule has 194 valence electrons. The van der Waals surface area contributed by atoms with Gasteiger partial charge in [-0.2, -0.15) is 5.10 Å². The van der Waals surface area contributed by atoms with Crippen LogP contribution in [0, 0.1) is 28.9 Å². The van der Waals surface area contributed by atoms with Crippen molar-refractivity contribution in [3.8, 4) is 5.75 Å². The fourth-order valence-corrected chi connectivity index (χ4v) is 8.44. The number of aromatic hydroxyl groups is 1. The molecule has 3 N–H and O–H groups in total. The Kier molecular flexibility index (Phi) is 5.82. The number of aromatic amines is 1. The van der Waals surface area contributed by atoms with Gasteiger partial charge in [-0.1, -0.05) is 13.0 Å². The molecular weight excluding hydrogens is 490 g/mol. The average molecular weight is 522 g/mol. The van der Waals surface area contributed by atoms with Gasteiger partial charge in [0.05, 0.1) is 11.1 Å². The number of aryl methyl sites for hydroxylation is 1. The molecule has 3 aliphatic rings. The van der Waals surface area contributed by atoms with Crippen LogP contribution in [-0.2, 0) is 16.6 Å². The maximum absolute atomic E-state index is 12.6. The highest BCUT2D eigenvalue weighted by molar-refractivity contribution is 7.15. The fraction of sp³-hybridized carbons (Fsp3) is 0.519. The molecule has 3 aromatic rings. The number of thiazole rings is 1. The molecule has 2 aromatic heterocycles. The molecule has 1 saturated carbocycles. The summed E-state index contributed by atoms with van der Waals surface area (Å²) >= 11 is 1.48. The zero-order valence-corrected chi connectivity index (χ0v) is 21.8. The number of rotatable bonds is 6. The van der Waals surface area contributed by atoms with Crippen molar-refractivity contribution in [1.82, 2.24) is 15.2 Å². The monoisotopic (exact) mass is 521 g/mol. The minimum absolute atomic E-state index is 0.0113. The summed E-state index contributed by atoms with van der Waals surface area (Å²) in [4.78, 5) is 29.2. The fourth-order valence-electron chi connectivity index (χ4n) is 7.76. The number of fused-ring (bicyclic) bond motifs is 7. The van der Waals surface area contributed by atoms with E-state index < -0.39 is 4.92 Å². The third-order valence-corrected chi connectivity index (χ3v) is 9.98. The molecule has 0 spiro atoms. The van der Waals surface area contributed by atoms with Crippen molar-refractivity contribution in [3.63, 3.8) is 0 Å². The first kappa shape index (κ1) is 24.1. The highest BCUT2D eigenvalue weighted by Crippen LogP contribution is 2.65. The molecule has 3 aliphatic carbocycles. The van der Waals surface area contributed by atoms with Crippen molar-refractivity contribution in [2.24, 2.45) is 11.8 Å². The van der Waals surface area contributed by atoms with E-state index in [1.54, 1.807) is 6.20 Å². The number of benzene rings is 1. The summed E-state index contributed by atoms with van der Waals surface area (Å²) in [5, 5.41) is 33.2. The van der Waals surface area contributed by atoms with Gasteiger partial charge >= 0.3 is 5.69 Å². The van der Waals surface area contributed by atoms with E-state index in [9.17, 15) is 20.0 Å². The standard InChI is InChI=1S/C27H31N5O4S/c1-14-12-28-26(37-14)30-22(34)5-3-4-17-20-13-29-31-25(20)27(2)11-10-16-15-8-9-21(33)24(32(35)36)19(15)7-6-18(16)23(17)27/h8-9,12-13,16-18,23,33H,3-7,10-11H2,1-2H3,(H,29,31)(H,28,30,34)/t16?,17-,18?,23?,27+/m1/s1. The second-order valence-corrected chi connectivity index (χ2v) is 12.3. The summed E-state index contributed by atoms with van der Waals surface area (Å²) in [6.45, 7) is 4.31. The lowest BCUT2D eigenvalue weighted by Gasteiger charge is -2.50. The number of H-pyrrole nitrogens is 1. The molecule has 2 heterocycles. The van der Waals surface area contributed by atoms with E-state index in [0.29, 0.717) is 35.4 Å². The molecule has 5 atom stereocenters. The number of nitro benzene ring substituents is 1. The lowest BCUT2D eigenvalue weighted by Crippen LogP contribution is -2.44. The van der Waals surface area contributed by atoms with Crippen molar-refractivity contribution < 1.29 is 14.8 Å². The van der Waals surface area contributed by atoms with Crippen LogP contribution in [0.25, 0.3) is 0 Å². The molecular formula is C27H31N5O4S. The predicted molar refractivity (Wildman–Crippen MR) is 140 cm³/mol. The summed E-state index contributed by atoms with van der Waals surface area (Å²) in [5.41, 5.74) is 4.09. The first-order valence-electron chi connectivity index (χ1n) is 13.0. The lowest BCUT2D eigenvalue weighted by atomic mass is 9.53. The molecule has 6 rings (SSSR count). The number of amides is 1. The van der Waals surface area contributed by atoms with Gasteiger partial charge in [-0.25, -0.2) is 4.98 Å². The molecule has 0 aliphatic heterocycles. The van der Waals surface area contributed by atoms with Crippen LogP contribution in [0.1, 0.15) is 84.5 Å². The van der Waals surface area contributed by atoms with E-state index in [2.05, 4.69) is 27.4 Å². The molecule has 1 aromatic carbocycles. The second-order valence-electron chi connectivity index (χ2n) is 11.1. The van der Waals surface area contributed by atoms with Crippen LogP contribution in [0.15, 0.2) is 24.5 Å². The van der Waals surface area contributed by atoms with Crippen LogP contribution < -0.4 is 5.32 Å². The number of aromatic nitrogens is 3. The number of hydrogen-bond donors (Lipinski definition) is 3. The molecule has 1 amide bonds. The van der Waals surface area contributed by atoms with Crippen LogP contribution >= 0.6 is 11.3 Å². The zero-order chi connectivity index (χ0) is 25.9. The third-order valence-electron chi connectivity index (χ3n) is 9.16. The number of anilines is 1. The van der Waals surface area contributed by atoms with Crippen molar-refractivity contribution in [1.29, 1.82) is 0 Å². The maximum atomic E-state index is 12.6. The van der Waals surface area contributed by atoms with Gasteiger partial charge in [0, 0.05) is 34.2 Å². The number of carbonyl (C=O) groups is 1. The zero-order valence-electron chi connectivity index (χ0n) is 21.0. The summed E-state index contributed by atoms with van der Waals surface area (Å²) < 4.78 is 0. The smallest absolute Gasteiger partial charge is 0.314 e. The number of hydrogen-bond acceptors (Lipinski definition) is 7. The highest BCUT2D eigenvalue weighted by Gasteiger charge is 2.58. The second kappa shape index (κ2) is 8.93. The highest BCUT2D eigenvalue weighted by atomic mass is 32.1. The number of nitrogens with zero attached hydrogens (tertiary/aromatic N) is 3. The summed E-state index contributed by atoms with van der Waals surface area (Å²) in [6, 6.07) is 3.40. The van der Waals surface area contributed by atoms with Gasteiger partial charge in [0.1, 0.15) is 0 Å². The number of phenols is 1. The summed E-state index contributed by atoms with van der Waals surface area (Å²) in [7, 11) is 0. The van der Waals surface area contributed by atoms with Crippen molar-refractivity contribution in [2.45, 2.75) is 76.0 Å². The van der Waals surface area contributed by atoms with E-state index in [-0.39, 0.29) is 34.6 Å². The van der Waals surface area contributed by atoms with Crippen molar-refractivity contribution in [3.05, 3.63) is 61.9 Å². The van der Waals surface area contributed by atoms with Crippen LogP contribution in [0.4, 0.5) is 10.8 Å². The molecule has 10 heteroatoms. The molecule has 3 unspecified atom stereocenters. The number of nitro groups is 1. The Morgan fingerprint density at radius 2 is 2.16 bits per heavy atom. The Morgan fingerprint density at radius 3 is 2.92 bits per heavy atom. The number of phenolic OH excluding ortho intramolecular Hbond substituents is 1. The van der Waals surface area contributed by atoms with E-state index in [1.807, 2.05) is 19.2 Å². The van der Waals surface area contributed by atoms with E-state index in [1.165, 1.54) is 28.7 Å². The minimum Gasteiger partial charge on any atom is -0.502 e. The lowest BCUT2D eigenvalue weighted by molar-refractivity contribution is -0.386. The maximum Gasteiger partial charge on any atom is 0.314 e. The first-order chi connectivity index (χ1) is 17.8. The van der Waals surface area contributed by atoms with E-state index in [0.717, 1.165) is 42.5 Å². The van der Waals surface area contributed by atoms with Gasteiger partial charge in [0.25, 0.3) is 0 Å². The van der Waals surface area contributed by atoms with Crippen LogP contribution in [-0.4, -0.2) is 31.1 Å². The Labute approximate surface area is 218 Å².